The molecular weight excluding hydrogens is 333 g/mol. The van der Waals surface area contributed by atoms with E-state index in [9.17, 15) is 13.2 Å². The summed E-state index contributed by atoms with van der Waals surface area (Å²) in [7, 11) is 0. The van der Waals surface area contributed by atoms with E-state index in [0.29, 0.717) is 22.3 Å². The van der Waals surface area contributed by atoms with E-state index in [0.717, 1.165) is 31.2 Å². The number of hydrogen-bond donors (Lipinski definition) is 0. The van der Waals surface area contributed by atoms with E-state index in [1.807, 2.05) is 6.07 Å². The molecule has 0 saturated heterocycles. The van der Waals surface area contributed by atoms with Gasteiger partial charge in [-0.2, -0.15) is 0 Å². The molecule has 0 aromatic heterocycles. The Balaban J connectivity index is 1.86. The van der Waals surface area contributed by atoms with Crippen LogP contribution in [0, 0.1) is 17.5 Å². The maximum Gasteiger partial charge on any atom is 0.131 e. The van der Waals surface area contributed by atoms with Crippen molar-refractivity contribution in [2.24, 2.45) is 0 Å². The van der Waals surface area contributed by atoms with Crippen LogP contribution >= 0.6 is 0 Å². The Morgan fingerprint density at radius 2 is 1.27 bits per heavy atom. The molecule has 0 aliphatic rings. The molecule has 0 aliphatic heterocycles. The zero-order valence-corrected chi connectivity index (χ0v) is 14.7. The topological polar surface area (TPSA) is 0 Å². The molecule has 0 N–H and O–H groups in total. The number of benzene rings is 3. The quantitative estimate of drug-likeness (QED) is 0.412. The van der Waals surface area contributed by atoms with Crippen molar-refractivity contribution in [3.8, 4) is 22.3 Å². The standard InChI is InChI=1S/C23H21F3/c1-2-3-4-5-16-6-12-21(22(25)14-16)18-9-13-20(23(26)15-18)17-7-10-19(24)11-8-17/h6-15H,2-5H2,1H3. The molecule has 3 rings (SSSR count). The highest BCUT2D eigenvalue weighted by Gasteiger charge is 2.11. The van der Waals surface area contributed by atoms with Gasteiger partial charge >= 0.3 is 0 Å². The molecule has 26 heavy (non-hydrogen) atoms. The smallest absolute Gasteiger partial charge is 0.131 e. The summed E-state index contributed by atoms with van der Waals surface area (Å²) in [5.41, 5.74) is 2.79. The van der Waals surface area contributed by atoms with Gasteiger partial charge in [0, 0.05) is 11.1 Å². The van der Waals surface area contributed by atoms with Crippen LogP contribution in [-0.4, -0.2) is 0 Å². The number of rotatable bonds is 6. The fourth-order valence-electron chi connectivity index (χ4n) is 3.07. The summed E-state index contributed by atoms with van der Waals surface area (Å²) in [6.45, 7) is 2.13. The molecular formula is C23H21F3. The zero-order valence-electron chi connectivity index (χ0n) is 14.7. The van der Waals surface area contributed by atoms with Crippen LogP contribution in [0.1, 0.15) is 31.7 Å². The molecule has 0 atom stereocenters. The molecule has 3 heteroatoms. The highest BCUT2D eigenvalue weighted by atomic mass is 19.1. The van der Waals surface area contributed by atoms with Crippen LogP contribution in [0.3, 0.4) is 0 Å². The Bertz CT molecular complexity index is 882. The molecule has 3 aromatic rings. The average molecular weight is 354 g/mol. The van der Waals surface area contributed by atoms with E-state index in [4.69, 9.17) is 0 Å². The summed E-state index contributed by atoms with van der Waals surface area (Å²) in [6.07, 6.45) is 4.14. The van der Waals surface area contributed by atoms with Crippen molar-refractivity contribution in [2.45, 2.75) is 32.6 Å². The first-order valence-electron chi connectivity index (χ1n) is 8.93. The Kier molecular flexibility index (Phi) is 5.77. The second-order valence-corrected chi connectivity index (χ2v) is 6.47. The summed E-state index contributed by atoms with van der Waals surface area (Å²) in [4.78, 5) is 0. The van der Waals surface area contributed by atoms with Crippen molar-refractivity contribution in [3.05, 3.63) is 83.7 Å². The van der Waals surface area contributed by atoms with Gasteiger partial charge in [-0.15, -0.1) is 0 Å². The van der Waals surface area contributed by atoms with Gasteiger partial charge in [-0.25, -0.2) is 13.2 Å². The summed E-state index contributed by atoms with van der Waals surface area (Å²) in [5, 5.41) is 0. The van der Waals surface area contributed by atoms with E-state index in [1.165, 1.54) is 36.4 Å². The van der Waals surface area contributed by atoms with Crippen LogP contribution < -0.4 is 0 Å². The monoisotopic (exact) mass is 354 g/mol. The van der Waals surface area contributed by atoms with Gasteiger partial charge in [-0.3, -0.25) is 0 Å². The molecule has 0 amide bonds. The van der Waals surface area contributed by atoms with E-state index < -0.39 is 5.82 Å². The number of halogens is 3. The minimum atomic E-state index is -0.458. The summed E-state index contributed by atoms with van der Waals surface area (Å²) in [5.74, 6) is -1.17. The predicted octanol–water partition coefficient (Wildman–Crippen LogP) is 7.17. The Hall–Kier alpha value is -2.55. The van der Waals surface area contributed by atoms with Gasteiger partial charge in [-0.1, -0.05) is 56.2 Å². The summed E-state index contributed by atoms with van der Waals surface area (Å²) >= 11 is 0. The van der Waals surface area contributed by atoms with Crippen LogP contribution in [0.5, 0.6) is 0 Å². The van der Waals surface area contributed by atoms with Crippen LogP contribution in [0.25, 0.3) is 22.3 Å². The largest absolute Gasteiger partial charge is 0.207 e. The lowest BCUT2D eigenvalue weighted by molar-refractivity contribution is 0.622. The third-order valence-corrected chi connectivity index (χ3v) is 4.54. The normalized spacial score (nSPS) is 10.9. The number of hydrogen-bond acceptors (Lipinski definition) is 0. The first-order chi connectivity index (χ1) is 12.6. The second-order valence-electron chi connectivity index (χ2n) is 6.47. The van der Waals surface area contributed by atoms with Gasteiger partial charge in [0.05, 0.1) is 0 Å². The Morgan fingerprint density at radius 1 is 0.654 bits per heavy atom. The van der Waals surface area contributed by atoms with Gasteiger partial charge in [0.15, 0.2) is 0 Å². The lowest BCUT2D eigenvalue weighted by Crippen LogP contribution is -1.92. The molecule has 0 aliphatic carbocycles. The van der Waals surface area contributed by atoms with Gasteiger partial charge in [0.25, 0.3) is 0 Å². The van der Waals surface area contributed by atoms with E-state index in [2.05, 4.69) is 6.92 Å². The maximum atomic E-state index is 14.5. The van der Waals surface area contributed by atoms with Crippen molar-refractivity contribution in [2.75, 3.05) is 0 Å². The lowest BCUT2D eigenvalue weighted by Gasteiger charge is -2.09. The van der Waals surface area contributed by atoms with Crippen molar-refractivity contribution < 1.29 is 13.2 Å². The molecule has 0 heterocycles. The third kappa shape index (κ3) is 4.16. The lowest BCUT2D eigenvalue weighted by atomic mass is 9.97. The van der Waals surface area contributed by atoms with Crippen LogP contribution in [0.4, 0.5) is 13.2 Å². The minimum Gasteiger partial charge on any atom is -0.207 e. The molecule has 0 nitrogen and oxygen atoms in total. The molecule has 3 aromatic carbocycles. The van der Waals surface area contributed by atoms with Gasteiger partial charge in [0.2, 0.25) is 0 Å². The fourth-order valence-corrected chi connectivity index (χ4v) is 3.07. The van der Waals surface area contributed by atoms with E-state index >= 15 is 0 Å². The molecule has 0 bridgehead atoms. The summed E-state index contributed by atoms with van der Waals surface area (Å²) in [6, 6.07) is 15.4. The van der Waals surface area contributed by atoms with Gasteiger partial charge in [-0.05, 0) is 53.8 Å². The molecule has 0 unspecified atom stereocenters. The second kappa shape index (κ2) is 8.22. The first kappa shape index (κ1) is 18.2. The molecule has 0 radical (unpaired) electrons. The van der Waals surface area contributed by atoms with Crippen molar-refractivity contribution in [1.29, 1.82) is 0 Å². The highest BCUT2D eigenvalue weighted by Crippen LogP contribution is 2.30. The molecule has 0 saturated carbocycles. The van der Waals surface area contributed by atoms with Crippen LogP contribution in [-0.2, 0) is 6.42 Å². The maximum absolute atomic E-state index is 14.5. The minimum absolute atomic E-state index is 0.340. The predicted molar refractivity (Wildman–Crippen MR) is 100 cm³/mol. The van der Waals surface area contributed by atoms with Crippen molar-refractivity contribution >= 4 is 0 Å². The number of aryl methyl sites for hydroxylation is 1. The fraction of sp³-hybridized carbons (Fsp3) is 0.217. The molecule has 0 spiro atoms. The summed E-state index contributed by atoms with van der Waals surface area (Å²) < 4.78 is 42.0. The van der Waals surface area contributed by atoms with Gasteiger partial charge in [0.1, 0.15) is 17.5 Å². The molecule has 0 fully saturated rings. The van der Waals surface area contributed by atoms with Gasteiger partial charge < -0.3 is 0 Å². The SMILES string of the molecule is CCCCCc1ccc(-c2ccc(-c3ccc(F)cc3)c(F)c2)c(F)c1. The van der Waals surface area contributed by atoms with E-state index in [-0.39, 0.29) is 11.6 Å². The van der Waals surface area contributed by atoms with Crippen molar-refractivity contribution in [1.82, 2.24) is 0 Å². The Labute approximate surface area is 152 Å². The Morgan fingerprint density at radius 3 is 1.92 bits per heavy atom. The van der Waals surface area contributed by atoms with Crippen LogP contribution in [0.2, 0.25) is 0 Å². The van der Waals surface area contributed by atoms with Crippen LogP contribution in [0.15, 0.2) is 60.7 Å². The van der Waals surface area contributed by atoms with Crippen molar-refractivity contribution in [3.63, 3.8) is 0 Å². The highest BCUT2D eigenvalue weighted by molar-refractivity contribution is 5.71. The van der Waals surface area contributed by atoms with E-state index in [1.54, 1.807) is 18.2 Å². The zero-order chi connectivity index (χ0) is 18.5. The average Bonchev–Trinajstić information content (AvgIpc) is 2.63. The molecule has 134 valence electrons. The first-order valence-corrected chi connectivity index (χ1v) is 8.93. The number of unbranched alkanes of at least 4 members (excludes halogenated alkanes) is 2. The third-order valence-electron chi connectivity index (χ3n) is 4.54.